The number of amidine groups is 1. The fraction of sp³-hybridized carbons (Fsp3) is 0.133. The Hall–Kier alpha value is -2.89. The third kappa shape index (κ3) is 3.17. The van der Waals surface area contributed by atoms with Gasteiger partial charge in [0.05, 0.1) is 4.92 Å². The molecule has 0 radical (unpaired) electrons. The highest BCUT2D eigenvalue weighted by Crippen LogP contribution is 2.35. The lowest BCUT2D eigenvalue weighted by molar-refractivity contribution is -0.385. The zero-order valence-electron chi connectivity index (χ0n) is 11.7. The molecule has 0 bridgehead atoms. The number of nitrogens with zero attached hydrogens (tertiary/aromatic N) is 1. The van der Waals surface area contributed by atoms with E-state index in [2.05, 4.69) is 0 Å². The number of benzene rings is 2. The summed E-state index contributed by atoms with van der Waals surface area (Å²) in [5.74, 6) is 0.635. The van der Waals surface area contributed by atoms with Gasteiger partial charge in [0.2, 0.25) is 5.75 Å². The molecule has 0 heterocycles. The minimum atomic E-state index is -0.459. The highest BCUT2D eigenvalue weighted by atomic mass is 16.6. The number of hydrogen-bond acceptors (Lipinski definition) is 4. The SMILES string of the molecule is Cc1cc(C)c(Oc2ccc(C(=N)N)cc2)c([N+](=O)[O-])c1. The molecule has 0 fully saturated rings. The van der Waals surface area contributed by atoms with Gasteiger partial charge in [0.25, 0.3) is 0 Å². The van der Waals surface area contributed by atoms with Crippen molar-refractivity contribution >= 4 is 11.5 Å². The first kappa shape index (κ1) is 14.5. The summed E-state index contributed by atoms with van der Waals surface area (Å²) >= 11 is 0. The summed E-state index contributed by atoms with van der Waals surface area (Å²) in [6, 6.07) is 9.82. The Morgan fingerprint density at radius 2 is 1.86 bits per heavy atom. The first-order valence-corrected chi connectivity index (χ1v) is 6.26. The third-order valence-corrected chi connectivity index (χ3v) is 2.98. The molecule has 2 aromatic rings. The number of nitrogen functional groups attached to an aromatic ring is 1. The van der Waals surface area contributed by atoms with E-state index in [1.165, 1.54) is 6.07 Å². The lowest BCUT2D eigenvalue weighted by Crippen LogP contribution is -2.10. The van der Waals surface area contributed by atoms with Crippen LogP contribution in [0.4, 0.5) is 5.69 Å². The van der Waals surface area contributed by atoms with Crippen molar-refractivity contribution < 1.29 is 9.66 Å². The molecule has 2 aromatic carbocycles. The average molecular weight is 285 g/mol. The molecule has 108 valence electrons. The number of nitro benzene ring substituents is 1. The van der Waals surface area contributed by atoms with Gasteiger partial charge in [-0.1, -0.05) is 6.07 Å². The summed E-state index contributed by atoms with van der Waals surface area (Å²) < 4.78 is 5.64. The Morgan fingerprint density at radius 1 is 1.24 bits per heavy atom. The van der Waals surface area contributed by atoms with Gasteiger partial charge >= 0.3 is 5.69 Å². The Balaban J connectivity index is 2.39. The molecule has 0 atom stereocenters. The fourth-order valence-corrected chi connectivity index (χ4v) is 2.02. The van der Waals surface area contributed by atoms with E-state index in [1.54, 1.807) is 38.1 Å². The second-order valence-corrected chi connectivity index (χ2v) is 4.73. The van der Waals surface area contributed by atoms with E-state index in [-0.39, 0.29) is 17.3 Å². The molecule has 0 saturated carbocycles. The van der Waals surface area contributed by atoms with E-state index in [9.17, 15) is 10.1 Å². The molecule has 0 aliphatic heterocycles. The van der Waals surface area contributed by atoms with Crippen LogP contribution in [0, 0.1) is 29.4 Å². The maximum absolute atomic E-state index is 11.1. The van der Waals surface area contributed by atoms with Crippen molar-refractivity contribution in [3.63, 3.8) is 0 Å². The lowest BCUT2D eigenvalue weighted by atomic mass is 10.1. The molecule has 0 aromatic heterocycles. The molecule has 6 heteroatoms. The van der Waals surface area contributed by atoms with Crippen molar-refractivity contribution in [2.45, 2.75) is 13.8 Å². The first-order valence-electron chi connectivity index (χ1n) is 6.26. The Labute approximate surface area is 121 Å². The van der Waals surface area contributed by atoms with Gasteiger partial charge in [-0.15, -0.1) is 0 Å². The Morgan fingerprint density at radius 3 is 2.38 bits per heavy atom. The average Bonchev–Trinajstić information content (AvgIpc) is 2.41. The van der Waals surface area contributed by atoms with E-state index < -0.39 is 4.92 Å². The summed E-state index contributed by atoms with van der Waals surface area (Å²) in [6.45, 7) is 3.56. The molecule has 0 aliphatic rings. The normalized spacial score (nSPS) is 10.2. The smallest absolute Gasteiger partial charge is 0.312 e. The number of nitro groups is 1. The quantitative estimate of drug-likeness (QED) is 0.389. The highest BCUT2D eigenvalue weighted by molar-refractivity contribution is 5.94. The van der Waals surface area contributed by atoms with Gasteiger partial charge in [-0.3, -0.25) is 15.5 Å². The Kier molecular flexibility index (Phi) is 3.89. The lowest BCUT2D eigenvalue weighted by Gasteiger charge is -2.10. The second kappa shape index (κ2) is 5.62. The summed E-state index contributed by atoms with van der Waals surface area (Å²) in [4.78, 5) is 10.7. The number of ether oxygens (including phenoxy) is 1. The standard InChI is InChI=1S/C15H15N3O3/c1-9-7-10(2)14(13(8-9)18(19)20)21-12-5-3-11(4-6-12)15(16)17/h3-8H,1-2H3,(H3,16,17). The number of nitrogens with two attached hydrogens (primary N) is 1. The van der Waals surface area contributed by atoms with Gasteiger partial charge in [0.1, 0.15) is 11.6 Å². The largest absolute Gasteiger partial charge is 0.450 e. The zero-order chi connectivity index (χ0) is 15.6. The highest BCUT2D eigenvalue weighted by Gasteiger charge is 2.19. The van der Waals surface area contributed by atoms with Crippen LogP contribution in [0.1, 0.15) is 16.7 Å². The molecule has 21 heavy (non-hydrogen) atoms. The molecule has 0 saturated heterocycles. The van der Waals surface area contributed by atoms with Gasteiger partial charge in [0, 0.05) is 11.6 Å². The molecule has 0 amide bonds. The maximum atomic E-state index is 11.1. The number of nitrogens with one attached hydrogen (secondary N) is 1. The minimum absolute atomic E-state index is 0.0425. The molecular formula is C15H15N3O3. The van der Waals surface area contributed by atoms with Crippen molar-refractivity contribution in [3.05, 3.63) is 63.2 Å². The predicted octanol–water partition coefficient (Wildman–Crippen LogP) is 3.29. The van der Waals surface area contributed by atoms with E-state index in [1.807, 2.05) is 6.07 Å². The number of hydrogen-bond donors (Lipinski definition) is 2. The first-order chi connectivity index (χ1) is 9.88. The van der Waals surface area contributed by atoms with Crippen LogP contribution < -0.4 is 10.5 Å². The minimum Gasteiger partial charge on any atom is -0.450 e. The van der Waals surface area contributed by atoms with Crippen molar-refractivity contribution in [2.24, 2.45) is 5.73 Å². The van der Waals surface area contributed by atoms with Gasteiger partial charge in [0.15, 0.2) is 0 Å². The number of rotatable bonds is 4. The van der Waals surface area contributed by atoms with Gasteiger partial charge in [-0.25, -0.2) is 0 Å². The molecule has 3 N–H and O–H groups in total. The van der Waals surface area contributed by atoms with Crippen molar-refractivity contribution in [1.29, 1.82) is 5.41 Å². The second-order valence-electron chi connectivity index (χ2n) is 4.73. The third-order valence-electron chi connectivity index (χ3n) is 2.98. The van der Waals surface area contributed by atoms with Crippen LogP contribution in [0.5, 0.6) is 11.5 Å². The van der Waals surface area contributed by atoms with E-state index in [0.717, 1.165) is 5.56 Å². The molecular weight excluding hydrogens is 270 g/mol. The Bertz CT molecular complexity index is 709. The number of aryl methyl sites for hydroxylation is 2. The summed E-state index contributed by atoms with van der Waals surface area (Å²) in [5, 5.41) is 18.5. The zero-order valence-corrected chi connectivity index (χ0v) is 11.7. The summed E-state index contributed by atoms with van der Waals surface area (Å²) in [5.41, 5.74) is 7.37. The van der Waals surface area contributed by atoms with Gasteiger partial charge in [-0.05, 0) is 49.2 Å². The molecule has 0 spiro atoms. The van der Waals surface area contributed by atoms with Crippen LogP contribution >= 0.6 is 0 Å². The molecule has 0 aliphatic carbocycles. The van der Waals surface area contributed by atoms with E-state index >= 15 is 0 Å². The van der Waals surface area contributed by atoms with Crippen LogP contribution in [0.2, 0.25) is 0 Å². The van der Waals surface area contributed by atoms with Gasteiger partial charge < -0.3 is 10.5 Å². The fourth-order valence-electron chi connectivity index (χ4n) is 2.02. The van der Waals surface area contributed by atoms with Crippen LogP contribution in [-0.2, 0) is 0 Å². The topological polar surface area (TPSA) is 102 Å². The van der Waals surface area contributed by atoms with Crippen molar-refractivity contribution in [3.8, 4) is 11.5 Å². The summed E-state index contributed by atoms with van der Waals surface area (Å²) in [6.07, 6.45) is 0. The monoisotopic (exact) mass is 285 g/mol. The van der Waals surface area contributed by atoms with Crippen molar-refractivity contribution in [1.82, 2.24) is 0 Å². The molecule has 6 nitrogen and oxygen atoms in total. The molecule has 0 unspecified atom stereocenters. The predicted molar refractivity (Wildman–Crippen MR) is 80.1 cm³/mol. The van der Waals surface area contributed by atoms with Crippen molar-refractivity contribution in [2.75, 3.05) is 0 Å². The van der Waals surface area contributed by atoms with E-state index in [0.29, 0.717) is 16.9 Å². The van der Waals surface area contributed by atoms with Crippen LogP contribution in [-0.4, -0.2) is 10.8 Å². The van der Waals surface area contributed by atoms with Crippen LogP contribution in [0.15, 0.2) is 36.4 Å². The summed E-state index contributed by atoms with van der Waals surface area (Å²) in [7, 11) is 0. The molecule has 2 rings (SSSR count). The van der Waals surface area contributed by atoms with Crippen LogP contribution in [0.25, 0.3) is 0 Å². The maximum Gasteiger partial charge on any atom is 0.312 e. The van der Waals surface area contributed by atoms with Gasteiger partial charge in [-0.2, -0.15) is 0 Å². The van der Waals surface area contributed by atoms with E-state index in [4.69, 9.17) is 15.9 Å². The van der Waals surface area contributed by atoms with Crippen LogP contribution in [0.3, 0.4) is 0 Å².